The zero-order valence-corrected chi connectivity index (χ0v) is 21.7. The van der Waals surface area contributed by atoms with Crippen LogP contribution in [-0.4, -0.2) is 57.0 Å². The van der Waals surface area contributed by atoms with Gasteiger partial charge in [0, 0.05) is 13.1 Å². The Hall–Kier alpha value is -1.94. The summed E-state index contributed by atoms with van der Waals surface area (Å²) in [4.78, 5) is 1.99. The molecule has 1 saturated heterocycles. The Morgan fingerprint density at radius 2 is 1.45 bits per heavy atom. The van der Waals surface area contributed by atoms with Crippen LogP contribution in [0.2, 0.25) is 0 Å². The summed E-state index contributed by atoms with van der Waals surface area (Å²) < 4.78 is 58.4. The second-order valence-corrected chi connectivity index (χ2v) is 12.3. The molecule has 1 aliphatic heterocycles. The number of benzene rings is 2. The molecule has 0 radical (unpaired) electrons. The molecule has 0 saturated carbocycles. The average Bonchev–Trinajstić information content (AvgIpc) is 2.77. The highest BCUT2D eigenvalue weighted by molar-refractivity contribution is 7.90. The molecule has 0 spiro atoms. The molecule has 0 aliphatic carbocycles. The zero-order valence-electron chi connectivity index (χ0n) is 19.3. The smallest absolute Gasteiger partial charge is 0.283 e. The van der Waals surface area contributed by atoms with Crippen LogP contribution in [-0.2, 0) is 20.0 Å². The van der Waals surface area contributed by atoms with Crippen LogP contribution in [0.15, 0.2) is 62.7 Å². The fraction of sp³-hybridized carbons (Fsp3) is 0.435. The molecule has 0 bridgehead atoms. The molecule has 2 aromatic carbocycles. The summed E-state index contributed by atoms with van der Waals surface area (Å²) >= 11 is 6.18. The third-order valence-electron chi connectivity index (χ3n) is 5.61. The maximum Gasteiger partial charge on any atom is 0.283 e. The normalized spacial score (nSPS) is 18.7. The largest absolute Gasteiger partial charge is 0.341 e. The van der Waals surface area contributed by atoms with Crippen LogP contribution in [0, 0.1) is 19.8 Å². The van der Waals surface area contributed by atoms with Crippen LogP contribution >= 0.6 is 11.6 Å². The van der Waals surface area contributed by atoms with Gasteiger partial charge < -0.3 is 4.90 Å². The highest BCUT2D eigenvalue weighted by Crippen LogP contribution is 2.29. The number of sulfonamides is 2. The van der Waals surface area contributed by atoms with Gasteiger partial charge in [-0.05, 0) is 50.5 Å². The SMILES string of the molecule is Cc1ccc(S(=O)(=O)N=C(CCl)N2CCCN(S(=O)(=O)c3ccc(C)cc3)[C@@H]2C(C)C)cc1. The van der Waals surface area contributed by atoms with E-state index in [4.69, 9.17) is 11.6 Å². The Morgan fingerprint density at radius 3 is 1.94 bits per heavy atom. The standard InChI is InChI=1S/C23H30ClN3O4S2/c1-17(2)23-26(22(16-24)25-32(28,29)20-10-6-18(3)7-11-20)14-5-15-27(23)33(30,31)21-12-8-19(4)9-13-21/h6-13,17,23H,5,14-16H2,1-4H3/t23-/m1/s1. The van der Waals surface area contributed by atoms with Crippen molar-refractivity contribution in [1.82, 2.24) is 9.21 Å². The summed E-state index contributed by atoms with van der Waals surface area (Å²) in [5, 5.41) is 0. The first-order chi connectivity index (χ1) is 15.5. The second kappa shape index (κ2) is 10.1. The topological polar surface area (TPSA) is 87.1 Å². The molecule has 1 fully saturated rings. The van der Waals surface area contributed by atoms with E-state index in [9.17, 15) is 16.8 Å². The van der Waals surface area contributed by atoms with E-state index in [2.05, 4.69) is 4.40 Å². The molecule has 33 heavy (non-hydrogen) atoms. The van der Waals surface area contributed by atoms with Crippen LogP contribution in [0.25, 0.3) is 0 Å². The number of halogens is 1. The summed E-state index contributed by atoms with van der Waals surface area (Å²) in [6.07, 6.45) is -0.0924. The number of nitrogens with zero attached hydrogens (tertiary/aromatic N) is 3. The predicted octanol–water partition coefficient (Wildman–Crippen LogP) is 4.01. The van der Waals surface area contributed by atoms with Crippen molar-refractivity contribution in [3.05, 3.63) is 59.7 Å². The molecule has 0 unspecified atom stereocenters. The molecular formula is C23H30ClN3O4S2. The van der Waals surface area contributed by atoms with Gasteiger partial charge in [0.05, 0.1) is 21.8 Å². The Labute approximate surface area is 202 Å². The van der Waals surface area contributed by atoms with Crippen molar-refractivity contribution >= 4 is 37.5 Å². The van der Waals surface area contributed by atoms with E-state index >= 15 is 0 Å². The van der Waals surface area contributed by atoms with E-state index in [-0.39, 0.29) is 27.4 Å². The summed E-state index contributed by atoms with van der Waals surface area (Å²) in [6.45, 7) is 8.36. The summed E-state index contributed by atoms with van der Waals surface area (Å²) in [7, 11) is -7.81. The minimum atomic E-state index is -4.00. The minimum absolute atomic E-state index is 0.0676. The molecule has 180 valence electrons. The van der Waals surface area contributed by atoms with Gasteiger partial charge in [-0.3, -0.25) is 0 Å². The van der Waals surface area contributed by atoms with Gasteiger partial charge in [0.25, 0.3) is 10.0 Å². The Balaban J connectivity index is 2.02. The Kier molecular flexibility index (Phi) is 7.88. The number of rotatable bonds is 6. The lowest BCUT2D eigenvalue weighted by Crippen LogP contribution is -2.60. The maximum atomic E-state index is 13.5. The molecule has 3 rings (SSSR count). The van der Waals surface area contributed by atoms with Gasteiger partial charge in [-0.15, -0.1) is 16.0 Å². The van der Waals surface area contributed by atoms with E-state index in [1.807, 2.05) is 27.7 Å². The first kappa shape index (κ1) is 25.7. The van der Waals surface area contributed by atoms with Crippen molar-refractivity contribution in [3.8, 4) is 0 Å². The molecular weight excluding hydrogens is 482 g/mol. The van der Waals surface area contributed by atoms with Crippen LogP contribution < -0.4 is 0 Å². The van der Waals surface area contributed by atoms with Crippen molar-refractivity contribution in [3.63, 3.8) is 0 Å². The number of aryl methyl sites for hydroxylation is 2. The van der Waals surface area contributed by atoms with Crippen molar-refractivity contribution in [1.29, 1.82) is 0 Å². The van der Waals surface area contributed by atoms with Gasteiger partial charge in [0.1, 0.15) is 5.84 Å². The van der Waals surface area contributed by atoms with E-state index in [0.29, 0.717) is 19.5 Å². The van der Waals surface area contributed by atoms with Gasteiger partial charge in [0.2, 0.25) is 10.0 Å². The molecule has 7 nitrogen and oxygen atoms in total. The summed E-state index contributed by atoms with van der Waals surface area (Å²) in [5.74, 6) is -0.159. The highest BCUT2D eigenvalue weighted by Gasteiger charge is 2.41. The Morgan fingerprint density at radius 1 is 0.939 bits per heavy atom. The molecule has 1 aliphatic rings. The number of amidine groups is 1. The fourth-order valence-electron chi connectivity index (χ4n) is 3.95. The monoisotopic (exact) mass is 511 g/mol. The summed E-state index contributed by atoms with van der Waals surface area (Å²) in [5.41, 5.74) is 1.90. The van der Waals surface area contributed by atoms with Gasteiger partial charge >= 0.3 is 0 Å². The minimum Gasteiger partial charge on any atom is -0.341 e. The van der Waals surface area contributed by atoms with Gasteiger partial charge in [-0.2, -0.15) is 12.7 Å². The van der Waals surface area contributed by atoms with Crippen LogP contribution in [0.4, 0.5) is 0 Å². The fourth-order valence-corrected chi connectivity index (χ4v) is 7.03. The Bertz CT molecular complexity index is 1210. The van der Waals surface area contributed by atoms with Crippen molar-refractivity contribution in [2.45, 2.75) is 50.1 Å². The highest BCUT2D eigenvalue weighted by atomic mass is 35.5. The molecule has 1 heterocycles. The lowest BCUT2D eigenvalue weighted by molar-refractivity contribution is 0.0841. The van der Waals surface area contributed by atoms with E-state index in [1.165, 1.54) is 16.4 Å². The molecule has 10 heteroatoms. The first-order valence-electron chi connectivity index (χ1n) is 10.8. The van der Waals surface area contributed by atoms with Crippen molar-refractivity contribution in [2.75, 3.05) is 19.0 Å². The van der Waals surface area contributed by atoms with E-state index < -0.39 is 26.2 Å². The average molecular weight is 512 g/mol. The first-order valence-corrected chi connectivity index (χ1v) is 14.2. The van der Waals surface area contributed by atoms with Crippen LogP contribution in [0.5, 0.6) is 0 Å². The third kappa shape index (κ3) is 5.59. The van der Waals surface area contributed by atoms with E-state index in [1.54, 1.807) is 41.3 Å². The predicted molar refractivity (Wildman–Crippen MR) is 132 cm³/mol. The lowest BCUT2D eigenvalue weighted by Gasteiger charge is -2.46. The molecule has 0 amide bonds. The second-order valence-electron chi connectivity index (χ2n) is 8.56. The quantitative estimate of drug-likeness (QED) is 0.332. The van der Waals surface area contributed by atoms with Crippen molar-refractivity contribution in [2.24, 2.45) is 10.3 Å². The van der Waals surface area contributed by atoms with E-state index in [0.717, 1.165) is 11.1 Å². The van der Waals surface area contributed by atoms with Gasteiger partial charge in [-0.25, -0.2) is 8.42 Å². The molecule has 1 atom stereocenters. The number of hydrogen-bond acceptors (Lipinski definition) is 4. The maximum absolute atomic E-state index is 13.5. The zero-order chi connectivity index (χ0) is 24.4. The molecule has 0 N–H and O–H groups in total. The van der Waals surface area contributed by atoms with Gasteiger partial charge in [0.15, 0.2) is 0 Å². The third-order valence-corrected chi connectivity index (χ3v) is 9.05. The lowest BCUT2D eigenvalue weighted by atomic mass is 10.1. The number of hydrogen-bond donors (Lipinski definition) is 0. The van der Waals surface area contributed by atoms with Crippen LogP contribution in [0.3, 0.4) is 0 Å². The van der Waals surface area contributed by atoms with Crippen molar-refractivity contribution < 1.29 is 16.8 Å². The molecule has 2 aromatic rings. The summed E-state index contributed by atoms with van der Waals surface area (Å²) in [6, 6.07) is 13.1. The van der Waals surface area contributed by atoms with Gasteiger partial charge in [-0.1, -0.05) is 49.2 Å². The number of alkyl halides is 1. The van der Waals surface area contributed by atoms with Crippen LogP contribution in [0.1, 0.15) is 31.4 Å². The molecule has 0 aromatic heterocycles.